The molecule has 8 heteroatoms. The van der Waals surface area contributed by atoms with Crippen LogP contribution in [0.4, 0.5) is 11.4 Å². The molecule has 3 aromatic carbocycles. The van der Waals surface area contributed by atoms with E-state index in [1.165, 1.54) is 16.7 Å². The molecule has 33 heavy (non-hydrogen) atoms. The van der Waals surface area contributed by atoms with Crippen LogP contribution in [-0.4, -0.2) is 17.1 Å². The number of benzene rings is 3. The van der Waals surface area contributed by atoms with Gasteiger partial charge in [-0.3, -0.25) is 14.5 Å². The molecule has 5 nitrogen and oxygen atoms in total. The number of halogens is 2. The van der Waals surface area contributed by atoms with Crippen molar-refractivity contribution in [3.05, 3.63) is 104 Å². The van der Waals surface area contributed by atoms with Crippen molar-refractivity contribution in [3.63, 3.8) is 0 Å². The van der Waals surface area contributed by atoms with Gasteiger partial charge in [-0.25, -0.2) is 0 Å². The van der Waals surface area contributed by atoms with E-state index in [0.717, 1.165) is 14.5 Å². The maximum Gasteiger partial charge on any atom is 0.269 e. The quantitative estimate of drug-likeness (QED) is 0.284. The van der Waals surface area contributed by atoms with Gasteiger partial charge in [0.2, 0.25) is 5.91 Å². The summed E-state index contributed by atoms with van der Waals surface area (Å²) in [6.45, 7) is 0. The third kappa shape index (κ3) is 5.38. The Bertz CT molecular complexity index is 1250. The zero-order valence-corrected chi connectivity index (χ0v) is 21.2. The number of para-hydroxylation sites is 1. The molecule has 0 spiro atoms. The standard InChI is InChI=1S/C25H17Br2N3O2S/c26-17-8-6-16(7-9-17)14-22-24(32)30(20-12-10-18(27)11-13-20)25(33-22)21(15-28)23(31)29-19-4-2-1-3-5-19/h1-13,22H,14H2,(H,29,31)/b25-21-/t22-/m1/s1. The zero-order chi connectivity index (χ0) is 23.4. The molecule has 0 saturated carbocycles. The highest BCUT2D eigenvalue weighted by Gasteiger charge is 2.40. The van der Waals surface area contributed by atoms with E-state index in [1.54, 1.807) is 36.4 Å². The van der Waals surface area contributed by atoms with Gasteiger partial charge in [0.1, 0.15) is 16.7 Å². The monoisotopic (exact) mass is 581 g/mol. The van der Waals surface area contributed by atoms with Crippen molar-refractivity contribution >= 4 is 66.8 Å². The number of nitrogens with zero attached hydrogens (tertiary/aromatic N) is 2. The van der Waals surface area contributed by atoms with Crippen LogP contribution in [0.25, 0.3) is 0 Å². The van der Waals surface area contributed by atoms with Gasteiger partial charge < -0.3 is 5.32 Å². The van der Waals surface area contributed by atoms with Crippen LogP contribution in [0.2, 0.25) is 0 Å². The highest BCUT2D eigenvalue weighted by atomic mass is 79.9. The van der Waals surface area contributed by atoms with E-state index in [2.05, 4.69) is 37.2 Å². The lowest BCUT2D eigenvalue weighted by Crippen LogP contribution is -2.30. The Morgan fingerprint density at radius 2 is 1.58 bits per heavy atom. The number of nitriles is 1. The number of amides is 2. The van der Waals surface area contributed by atoms with E-state index in [4.69, 9.17) is 0 Å². The molecule has 0 bridgehead atoms. The second-order valence-electron chi connectivity index (χ2n) is 7.20. The summed E-state index contributed by atoms with van der Waals surface area (Å²) >= 11 is 8.08. The zero-order valence-electron chi connectivity index (χ0n) is 17.2. The van der Waals surface area contributed by atoms with Crippen molar-refractivity contribution in [3.8, 4) is 6.07 Å². The van der Waals surface area contributed by atoms with Crippen molar-refractivity contribution in [1.29, 1.82) is 5.26 Å². The Hall–Kier alpha value is -2.86. The number of nitrogens with one attached hydrogen (secondary N) is 1. The number of hydrogen-bond donors (Lipinski definition) is 1. The fourth-order valence-corrected chi connectivity index (χ4v) is 5.20. The van der Waals surface area contributed by atoms with Gasteiger partial charge in [0.05, 0.1) is 5.25 Å². The largest absolute Gasteiger partial charge is 0.321 e. The second-order valence-corrected chi connectivity index (χ2v) is 10.2. The molecule has 3 aromatic rings. The number of carbonyl (C=O) groups is 2. The van der Waals surface area contributed by atoms with E-state index in [0.29, 0.717) is 22.8 Å². The van der Waals surface area contributed by atoms with Crippen molar-refractivity contribution in [2.75, 3.05) is 10.2 Å². The summed E-state index contributed by atoms with van der Waals surface area (Å²) in [4.78, 5) is 28.0. The van der Waals surface area contributed by atoms with Gasteiger partial charge >= 0.3 is 0 Å². The van der Waals surface area contributed by atoms with Crippen LogP contribution in [0.3, 0.4) is 0 Å². The lowest BCUT2D eigenvalue weighted by Gasteiger charge is -2.19. The van der Waals surface area contributed by atoms with Gasteiger partial charge in [0.25, 0.3) is 5.91 Å². The van der Waals surface area contributed by atoms with Gasteiger partial charge in [-0.1, -0.05) is 74.0 Å². The minimum Gasteiger partial charge on any atom is -0.321 e. The fraction of sp³-hybridized carbons (Fsp3) is 0.0800. The van der Waals surface area contributed by atoms with E-state index in [1.807, 2.05) is 48.5 Å². The highest BCUT2D eigenvalue weighted by Crippen LogP contribution is 2.42. The first kappa shape index (κ1) is 23.3. The van der Waals surface area contributed by atoms with Gasteiger partial charge in [-0.15, -0.1) is 0 Å². The summed E-state index contributed by atoms with van der Waals surface area (Å²) in [6.07, 6.45) is 0.478. The number of hydrogen-bond acceptors (Lipinski definition) is 4. The molecule has 0 unspecified atom stereocenters. The number of anilines is 2. The normalized spacial score (nSPS) is 16.9. The molecular formula is C25H17Br2N3O2S. The maximum absolute atomic E-state index is 13.5. The number of carbonyl (C=O) groups excluding carboxylic acids is 2. The Morgan fingerprint density at radius 1 is 0.970 bits per heavy atom. The van der Waals surface area contributed by atoms with Crippen LogP contribution in [0.15, 0.2) is 98.4 Å². The lowest BCUT2D eigenvalue weighted by molar-refractivity contribution is -0.117. The highest BCUT2D eigenvalue weighted by molar-refractivity contribution is 9.10. The van der Waals surface area contributed by atoms with Crippen LogP contribution in [-0.2, 0) is 16.0 Å². The Labute approximate surface area is 212 Å². The molecule has 1 aliphatic heterocycles. The van der Waals surface area contributed by atoms with Crippen molar-refractivity contribution in [2.24, 2.45) is 0 Å². The third-order valence-electron chi connectivity index (χ3n) is 4.96. The van der Waals surface area contributed by atoms with E-state index >= 15 is 0 Å². The minimum absolute atomic E-state index is 0.0987. The summed E-state index contributed by atoms with van der Waals surface area (Å²) in [5.74, 6) is -0.717. The predicted molar refractivity (Wildman–Crippen MR) is 139 cm³/mol. The molecule has 164 valence electrons. The van der Waals surface area contributed by atoms with E-state index in [-0.39, 0.29) is 11.5 Å². The summed E-state index contributed by atoms with van der Waals surface area (Å²) in [5.41, 5.74) is 2.07. The molecule has 1 heterocycles. The van der Waals surface area contributed by atoms with Crippen LogP contribution in [0, 0.1) is 11.3 Å². The first-order chi connectivity index (χ1) is 16.0. The average molecular weight is 583 g/mol. The Balaban J connectivity index is 1.72. The van der Waals surface area contributed by atoms with Crippen molar-refractivity contribution in [2.45, 2.75) is 11.7 Å². The van der Waals surface area contributed by atoms with Crippen LogP contribution >= 0.6 is 43.6 Å². The van der Waals surface area contributed by atoms with Crippen LogP contribution in [0.5, 0.6) is 0 Å². The second kappa shape index (κ2) is 10.4. The van der Waals surface area contributed by atoms with E-state index in [9.17, 15) is 14.9 Å². The molecule has 4 rings (SSSR count). The molecule has 1 atom stereocenters. The topological polar surface area (TPSA) is 73.2 Å². The van der Waals surface area contributed by atoms with Crippen LogP contribution < -0.4 is 10.2 Å². The van der Waals surface area contributed by atoms with Crippen molar-refractivity contribution in [1.82, 2.24) is 0 Å². The van der Waals surface area contributed by atoms with Gasteiger partial charge in [-0.2, -0.15) is 5.26 Å². The number of thioether (sulfide) groups is 1. The first-order valence-corrected chi connectivity index (χ1v) is 12.4. The molecular weight excluding hydrogens is 566 g/mol. The van der Waals surface area contributed by atoms with Gasteiger partial charge in [0, 0.05) is 20.3 Å². The molecule has 1 fully saturated rings. The smallest absolute Gasteiger partial charge is 0.269 e. The summed E-state index contributed by atoms with van der Waals surface area (Å²) in [5, 5.41) is 12.5. The van der Waals surface area contributed by atoms with Crippen LogP contribution in [0.1, 0.15) is 5.56 Å². The SMILES string of the molecule is N#C/C(C(=O)Nc1ccccc1)=C1/S[C@H](Cc2ccc(Br)cc2)C(=O)N1c1ccc(Br)cc1. The fourth-order valence-electron chi connectivity index (χ4n) is 3.36. The Morgan fingerprint density at radius 3 is 2.18 bits per heavy atom. The van der Waals surface area contributed by atoms with E-state index < -0.39 is 11.2 Å². The molecule has 0 radical (unpaired) electrons. The summed E-state index contributed by atoms with van der Waals surface area (Å²) < 4.78 is 1.82. The molecule has 1 saturated heterocycles. The molecule has 1 N–H and O–H groups in total. The van der Waals surface area contributed by atoms with Crippen molar-refractivity contribution < 1.29 is 9.59 Å². The average Bonchev–Trinajstić information content (AvgIpc) is 3.12. The molecule has 2 amide bonds. The molecule has 0 aromatic heterocycles. The third-order valence-corrected chi connectivity index (χ3v) is 7.28. The minimum atomic E-state index is -0.551. The first-order valence-electron chi connectivity index (χ1n) is 9.97. The number of rotatable bonds is 5. The Kier molecular flexibility index (Phi) is 7.33. The lowest BCUT2D eigenvalue weighted by atomic mass is 10.1. The predicted octanol–water partition coefficient (Wildman–Crippen LogP) is 6.28. The molecule has 1 aliphatic rings. The van der Waals surface area contributed by atoms with Gasteiger partial charge in [0.15, 0.2) is 0 Å². The summed E-state index contributed by atoms with van der Waals surface area (Å²) in [6, 6.07) is 25.9. The molecule has 0 aliphatic carbocycles. The summed E-state index contributed by atoms with van der Waals surface area (Å²) in [7, 11) is 0. The maximum atomic E-state index is 13.5. The van der Waals surface area contributed by atoms with Gasteiger partial charge in [-0.05, 0) is 60.5 Å².